The fourth-order valence-electron chi connectivity index (χ4n) is 3.64. The van der Waals surface area contributed by atoms with Crippen molar-refractivity contribution in [1.29, 1.82) is 0 Å². The van der Waals surface area contributed by atoms with Gasteiger partial charge >= 0.3 is 11.2 Å². The number of rotatable bonds is 8. The number of thiophene rings is 1. The quantitative estimate of drug-likeness (QED) is 0.334. The van der Waals surface area contributed by atoms with Gasteiger partial charge in [-0.3, -0.25) is 4.79 Å². The predicted molar refractivity (Wildman–Crippen MR) is 128 cm³/mol. The molecule has 2 heterocycles. The maximum atomic E-state index is 12.7. The van der Waals surface area contributed by atoms with Crippen LogP contribution in [0.25, 0.3) is 0 Å². The molecular formula is C22H22ClN3O7S2. The van der Waals surface area contributed by atoms with E-state index in [9.17, 15) is 18.0 Å². The molecule has 0 spiro atoms. The van der Waals surface area contributed by atoms with Crippen molar-refractivity contribution in [2.24, 2.45) is 0 Å². The Labute approximate surface area is 210 Å². The first-order valence-electron chi connectivity index (χ1n) is 10.7. The number of hydrogen-bond donors (Lipinski definition) is 1. The number of hydrogen-bond acceptors (Lipinski definition) is 10. The second kappa shape index (κ2) is 10.8. The van der Waals surface area contributed by atoms with Gasteiger partial charge in [-0.1, -0.05) is 23.1 Å². The van der Waals surface area contributed by atoms with Crippen LogP contribution in [0.3, 0.4) is 0 Å². The lowest BCUT2D eigenvalue weighted by Gasteiger charge is -2.07. The van der Waals surface area contributed by atoms with Crippen LogP contribution in [0.15, 0.2) is 33.9 Å². The summed E-state index contributed by atoms with van der Waals surface area (Å²) in [4.78, 5) is 26.0. The first kappa shape index (κ1) is 25.1. The zero-order valence-electron chi connectivity index (χ0n) is 18.7. The molecule has 10 nitrogen and oxygen atoms in total. The van der Waals surface area contributed by atoms with Crippen molar-refractivity contribution in [3.05, 3.63) is 51.2 Å². The van der Waals surface area contributed by atoms with E-state index in [1.165, 1.54) is 18.4 Å². The number of anilines is 1. The molecule has 0 fully saturated rings. The number of halogens is 1. The van der Waals surface area contributed by atoms with Crippen LogP contribution in [0.1, 0.15) is 46.0 Å². The Morgan fingerprint density at radius 3 is 2.63 bits per heavy atom. The Kier molecular flexibility index (Phi) is 7.72. The second-order valence-electron chi connectivity index (χ2n) is 7.77. The third kappa shape index (κ3) is 6.00. The zero-order chi connectivity index (χ0) is 25.0. The standard InChI is InChI=1S/C22H22ClN3O7S2/c1-31-21(28)19-15-5-3-2-4-6-16(15)34-20(19)24-17(27)12-35(29,30)22-26-25-18(33-22)11-32-14-9-7-13(23)8-10-14/h7-10H,2-6,11-12H2,1H3,(H,24,27). The number of carbonyl (C=O) groups is 2. The largest absolute Gasteiger partial charge is 0.484 e. The number of esters is 1. The Balaban J connectivity index is 1.44. The summed E-state index contributed by atoms with van der Waals surface area (Å²) in [6.07, 6.45) is 4.46. The van der Waals surface area contributed by atoms with Gasteiger partial charge < -0.3 is 19.2 Å². The Hall–Kier alpha value is -2.96. The summed E-state index contributed by atoms with van der Waals surface area (Å²) in [6, 6.07) is 6.54. The van der Waals surface area contributed by atoms with Crippen molar-refractivity contribution >= 4 is 49.7 Å². The molecule has 0 bridgehead atoms. The zero-order valence-corrected chi connectivity index (χ0v) is 21.1. The number of amides is 1. The second-order valence-corrected chi connectivity index (χ2v) is 11.2. The monoisotopic (exact) mass is 539 g/mol. The van der Waals surface area contributed by atoms with Crippen LogP contribution >= 0.6 is 22.9 Å². The summed E-state index contributed by atoms with van der Waals surface area (Å²) in [6.45, 7) is -0.167. The van der Waals surface area contributed by atoms with Gasteiger partial charge in [0.15, 0.2) is 6.61 Å². The van der Waals surface area contributed by atoms with E-state index in [0.29, 0.717) is 22.8 Å². The average molecular weight is 540 g/mol. The highest BCUT2D eigenvalue weighted by atomic mass is 35.5. The van der Waals surface area contributed by atoms with E-state index in [1.807, 2.05) is 0 Å². The van der Waals surface area contributed by atoms with Crippen LogP contribution in [0.5, 0.6) is 5.75 Å². The van der Waals surface area contributed by atoms with Crippen molar-refractivity contribution in [1.82, 2.24) is 10.2 Å². The third-order valence-corrected chi connectivity index (χ3v) is 8.07. The van der Waals surface area contributed by atoms with Crippen molar-refractivity contribution in [3.8, 4) is 5.75 Å². The summed E-state index contributed by atoms with van der Waals surface area (Å²) in [5.74, 6) is -1.93. The van der Waals surface area contributed by atoms with E-state index in [1.54, 1.807) is 24.3 Å². The van der Waals surface area contributed by atoms with E-state index < -0.39 is 32.7 Å². The molecule has 1 aromatic carbocycles. The van der Waals surface area contributed by atoms with Crippen molar-refractivity contribution < 1.29 is 31.9 Å². The molecule has 13 heteroatoms. The lowest BCUT2D eigenvalue weighted by molar-refractivity contribution is -0.113. The Morgan fingerprint density at radius 1 is 1.14 bits per heavy atom. The van der Waals surface area contributed by atoms with Gasteiger partial charge in [-0.25, -0.2) is 13.2 Å². The lowest BCUT2D eigenvalue weighted by Crippen LogP contribution is -2.24. The first-order chi connectivity index (χ1) is 16.8. The molecule has 0 saturated carbocycles. The van der Waals surface area contributed by atoms with Gasteiger partial charge in [0.05, 0.1) is 12.7 Å². The minimum Gasteiger partial charge on any atom is -0.484 e. The van der Waals surface area contributed by atoms with Crippen LogP contribution < -0.4 is 10.1 Å². The molecule has 0 radical (unpaired) electrons. The van der Waals surface area contributed by atoms with Crippen molar-refractivity contribution in [3.63, 3.8) is 0 Å². The number of nitrogens with zero attached hydrogens (tertiary/aromatic N) is 2. The fourth-order valence-corrected chi connectivity index (χ4v) is 5.99. The van der Waals surface area contributed by atoms with Crippen LogP contribution in [0.4, 0.5) is 5.00 Å². The van der Waals surface area contributed by atoms with Gasteiger partial charge in [0.1, 0.15) is 16.5 Å². The molecule has 1 aliphatic carbocycles. The minimum atomic E-state index is -4.23. The molecule has 1 N–H and O–H groups in total. The molecule has 0 saturated heterocycles. The summed E-state index contributed by atoms with van der Waals surface area (Å²) in [7, 11) is -2.96. The van der Waals surface area contributed by atoms with Crippen molar-refractivity contribution in [2.45, 2.75) is 43.9 Å². The number of methoxy groups -OCH3 is 1. The smallest absolute Gasteiger partial charge is 0.341 e. The van der Waals surface area contributed by atoms with E-state index in [-0.39, 0.29) is 17.5 Å². The molecule has 0 aliphatic heterocycles. The number of fused-ring (bicyclic) bond motifs is 1. The van der Waals surface area contributed by atoms with Gasteiger partial charge in [0.25, 0.3) is 5.89 Å². The highest BCUT2D eigenvalue weighted by Crippen LogP contribution is 2.38. The molecule has 186 valence electrons. The number of benzene rings is 1. The molecule has 1 amide bonds. The maximum Gasteiger partial charge on any atom is 0.341 e. The number of aryl methyl sites for hydroxylation is 1. The molecule has 1 aliphatic rings. The normalized spacial score (nSPS) is 13.5. The van der Waals surface area contributed by atoms with Gasteiger partial charge in [-0.15, -0.1) is 16.4 Å². The first-order valence-corrected chi connectivity index (χ1v) is 13.6. The number of ether oxygens (including phenoxy) is 2. The molecular weight excluding hydrogens is 518 g/mol. The topological polar surface area (TPSA) is 138 Å². The summed E-state index contributed by atoms with van der Waals surface area (Å²) < 4.78 is 40.9. The summed E-state index contributed by atoms with van der Waals surface area (Å²) in [5, 5.41) is 9.90. The minimum absolute atomic E-state index is 0.0751. The summed E-state index contributed by atoms with van der Waals surface area (Å²) >= 11 is 7.10. The van der Waals surface area contributed by atoms with Gasteiger partial charge in [0.2, 0.25) is 15.7 Å². The van der Waals surface area contributed by atoms with E-state index in [2.05, 4.69) is 15.5 Å². The number of aromatic nitrogens is 2. The van der Waals surface area contributed by atoms with Crippen LogP contribution in [-0.4, -0.2) is 43.4 Å². The number of carbonyl (C=O) groups excluding carboxylic acids is 2. The number of nitrogens with one attached hydrogen (secondary N) is 1. The highest BCUT2D eigenvalue weighted by molar-refractivity contribution is 7.91. The highest BCUT2D eigenvalue weighted by Gasteiger charge is 2.30. The van der Waals surface area contributed by atoms with E-state index in [4.69, 9.17) is 25.5 Å². The fraction of sp³-hybridized carbons (Fsp3) is 0.364. The molecule has 4 rings (SSSR count). The van der Waals surface area contributed by atoms with E-state index >= 15 is 0 Å². The maximum absolute atomic E-state index is 12.7. The average Bonchev–Trinajstić information content (AvgIpc) is 3.37. The van der Waals surface area contributed by atoms with Gasteiger partial charge in [-0.05, 0) is 55.5 Å². The SMILES string of the molecule is COC(=O)c1c(NC(=O)CS(=O)(=O)c2nnc(COc3ccc(Cl)cc3)o2)sc2c1CCCCC2. The molecule has 3 aromatic rings. The van der Waals surface area contributed by atoms with Crippen LogP contribution in [0.2, 0.25) is 5.02 Å². The van der Waals surface area contributed by atoms with Crippen LogP contribution in [-0.2, 0) is 38.8 Å². The third-order valence-electron chi connectivity index (χ3n) is 5.28. The number of sulfone groups is 1. The molecule has 35 heavy (non-hydrogen) atoms. The summed E-state index contributed by atoms with van der Waals surface area (Å²) in [5.41, 5.74) is 1.15. The Morgan fingerprint density at radius 2 is 1.89 bits per heavy atom. The molecule has 2 aromatic heterocycles. The lowest BCUT2D eigenvalue weighted by atomic mass is 10.1. The van der Waals surface area contributed by atoms with E-state index in [0.717, 1.165) is 36.1 Å². The van der Waals surface area contributed by atoms with Crippen molar-refractivity contribution in [2.75, 3.05) is 18.2 Å². The molecule has 0 unspecified atom stereocenters. The Bertz CT molecular complexity index is 1330. The van der Waals surface area contributed by atoms with Gasteiger partial charge in [-0.2, -0.15) is 0 Å². The van der Waals surface area contributed by atoms with Gasteiger partial charge in [0, 0.05) is 9.90 Å². The predicted octanol–water partition coefficient (Wildman–Crippen LogP) is 3.83. The van der Waals surface area contributed by atoms with Crippen LogP contribution in [0, 0.1) is 0 Å². The molecule has 0 atom stereocenters.